The summed E-state index contributed by atoms with van der Waals surface area (Å²) in [6.07, 6.45) is 2.14. The number of tetrazole rings is 1. The highest BCUT2D eigenvalue weighted by Gasteiger charge is 2.34. The minimum atomic E-state index is -0.360. The van der Waals surface area contributed by atoms with Gasteiger partial charge in [0, 0.05) is 44.0 Å². The van der Waals surface area contributed by atoms with Crippen LogP contribution in [0, 0.1) is 20.8 Å². The monoisotopic (exact) mass is 513 g/mol. The number of aromatic nitrogens is 5. The van der Waals surface area contributed by atoms with Crippen molar-refractivity contribution < 1.29 is 4.74 Å². The smallest absolute Gasteiger partial charge is 0.253 e. The summed E-state index contributed by atoms with van der Waals surface area (Å²) in [5.41, 5.74) is 6.32. The van der Waals surface area contributed by atoms with E-state index in [-0.39, 0.29) is 17.7 Å². The Labute approximate surface area is 222 Å². The molecule has 2 aromatic carbocycles. The summed E-state index contributed by atoms with van der Waals surface area (Å²) >= 11 is 0. The number of rotatable bonds is 6. The molecule has 2 aliphatic heterocycles. The van der Waals surface area contributed by atoms with Crippen LogP contribution < -0.4 is 10.5 Å². The molecule has 38 heavy (non-hydrogen) atoms. The standard InChI is InChI=1S/C29H35N7O2/c1-19-9-10-20(2)25(16-19)34-11-13-35(14-12-34)27(28-31-32-33-36(28)18-23-8-5-15-38-23)24-17-22-7-4-6-21(3)26(22)30-29(24)37/h4,6-7,9-10,16-17,23,27H,5,8,11-15,18H2,1-3H3,(H,30,37)/t23-,27+/m0/s1. The first kappa shape index (κ1) is 24.8. The average molecular weight is 514 g/mol. The van der Waals surface area contributed by atoms with Crippen LogP contribution in [0.2, 0.25) is 0 Å². The van der Waals surface area contributed by atoms with Crippen molar-refractivity contribution in [3.63, 3.8) is 0 Å². The van der Waals surface area contributed by atoms with Crippen molar-refractivity contribution in [2.45, 2.75) is 52.3 Å². The van der Waals surface area contributed by atoms with Gasteiger partial charge in [-0.25, -0.2) is 4.68 Å². The summed E-state index contributed by atoms with van der Waals surface area (Å²) in [4.78, 5) is 21.5. The van der Waals surface area contributed by atoms with E-state index in [1.165, 1.54) is 16.8 Å². The van der Waals surface area contributed by atoms with Crippen molar-refractivity contribution in [3.05, 3.63) is 80.9 Å². The number of hydrogen-bond acceptors (Lipinski definition) is 7. The van der Waals surface area contributed by atoms with Gasteiger partial charge in [-0.2, -0.15) is 0 Å². The first-order valence-electron chi connectivity index (χ1n) is 13.5. The van der Waals surface area contributed by atoms with Gasteiger partial charge < -0.3 is 14.6 Å². The Morgan fingerprint density at radius 2 is 1.89 bits per heavy atom. The molecule has 9 heteroatoms. The number of para-hydroxylation sites is 1. The molecule has 0 aliphatic carbocycles. The van der Waals surface area contributed by atoms with Crippen LogP contribution in [0.4, 0.5) is 5.69 Å². The van der Waals surface area contributed by atoms with Crippen molar-refractivity contribution in [1.82, 2.24) is 30.1 Å². The molecule has 0 saturated carbocycles. The molecule has 1 N–H and O–H groups in total. The first-order valence-corrected chi connectivity index (χ1v) is 13.5. The second-order valence-electron chi connectivity index (χ2n) is 10.7. The summed E-state index contributed by atoms with van der Waals surface area (Å²) < 4.78 is 7.73. The van der Waals surface area contributed by atoms with Crippen molar-refractivity contribution in [2.75, 3.05) is 37.7 Å². The van der Waals surface area contributed by atoms with E-state index in [2.05, 4.69) is 62.4 Å². The molecule has 4 heterocycles. The molecular weight excluding hydrogens is 478 g/mol. The number of aryl methyl sites for hydroxylation is 3. The van der Waals surface area contributed by atoms with E-state index in [1.807, 2.05) is 35.9 Å². The van der Waals surface area contributed by atoms with Crippen LogP contribution in [0.1, 0.15) is 47.0 Å². The SMILES string of the molecule is Cc1ccc(C)c(N2CCN([C@H](c3cc4cccc(C)c4[nH]c3=O)c3nnnn3C[C@@H]3CCCO3)CC2)c1. The predicted molar refractivity (Wildman–Crippen MR) is 148 cm³/mol. The highest BCUT2D eigenvalue weighted by atomic mass is 16.5. The van der Waals surface area contributed by atoms with E-state index in [1.54, 1.807) is 0 Å². The summed E-state index contributed by atoms with van der Waals surface area (Å²) in [6, 6.07) is 14.4. The van der Waals surface area contributed by atoms with Crippen LogP contribution in [0.5, 0.6) is 0 Å². The van der Waals surface area contributed by atoms with Crippen LogP contribution in [0.15, 0.2) is 47.3 Å². The van der Waals surface area contributed by atoms with Crippen molar-refractivity contribution in [1.29, 1.82) is 0 Å². The fraction of sp³-hybridized carbons (Fsp3) is 0.448. The molecule has 6 rings (SSSR count). The number of pyridine rings is 1. The quantitative estimate of drug-likeness (QED) is 0.422. The number of hydrogen-bond donors (Lipinski definition) is 1. The van der Waals surface area contributed by atoms with Gasteiger partial charge in [0.1, 0.15) is 6.04 Å². The molecule has 2 fully saturated rings. The number of fused-ring (bicyclic) bond motifs is 1. The highest BCUT2D eigenvalue weighted by Crippen LogP contribution is 2.31. The number of piperazine rings is 1. The Hall–Kier alpha value is -3.56. The van der Waals surface area contributed by atoms with Crippen LogP contribution in [-0.4, -0.2) is 69.0 Å². The number of nitrogens with one attached hydrogen (secondary N) is 1. The second-order valence-corrected chi connectivity index (χ2v) is 10.7. The third kappa shape index (κ3) is 4.72. The molecule has 9 nitrogen and oxygen atoms in total. The van der Waals surface area contributed by atoms with Crippen LogP contribution in [0.3, 0.4) is 0 Å². The third-order valence-electron chi connectivity index (χ3n) is 8.00. The molecule has 0 bridgehead atoms. The Morgan fingerprint density at radius 1 is 1.05 bits per heavy atom. The first-order chi connectivity index (χ1) is 18.5. The normalized spacial score (nSPS) is 19.3. The van der Waals surface area contributed by atoms with Crippen molar-refractivity contribution >= 4 is 16.6 Å². The van der Waals surface area contributed by atoms with E-state index in [0.29, 0.717) is 17.9 Å². The maximum Gasteiger partial charge on any atom is 0.253 e. The molecule has 2 atom stereocenters. The van der Waals surface area contributed by atoms with E-state index >= 15 is 0 Å². The van der Waals surface area contributed by atoms with E-state index < -0.39 is 0 Å². The molecule has 2 aromatic heterocycles. The third-order valence-corrected chi connectivity index (χ3v) is 8.00. The van der Waals surface area contributed by atoms with Gasteiger partial charge in [0.15, 0.2) is 5.82 Å². The maximum absolute atomic E-state index is 13.6. The molecule has 2 aliphatic rings. The fourth-order valence-corrected chi connectivity index (χ4v) is 5.90. The molecule has 0 spiro atoms. The molecular formula is C29H35N7O2. The largest absolute Gasteiger partial charge is 0.376 e. The predicted octanol–water partition coefficient (Wildman–Crippen LogP) is 3.53. The maximum atomic E-state index is 13.6. The number of aromatic amines is 1. The zero-order chi connectivity index (χ0) is 26.2. The van der Waals surface area contributed by atoms with Crippen LogP contribution in [0.25, 0.3) is 10.9 Å². The minimum absolute atomic E-state index is 0.0941. The van der Waals surface area contributed by atoms with Gasteiger partial charge in [-0.1, -0.05) is 30.3 Å². The zero-order valence-electron chi connectivity index (χ0n) is 22.4. The number of ether oxygens (including phenoxy) is 1. The minimum Gasteiger partial charge on any atom is -0.376 e. The Bertz CT molecular complexity index is 1500. The van der Waals surface area contributed by atoms with Gasteiger partial charge in [-0.15, -0.1) is 5.10 Å². The summed E-state index contributed by atoms with van der Waals surface area (Å²) in [5.74, 6) is 0.693. The fourth-order valence-electron chi connectivity index (χ4n) is 5.90. The lowest BCUT2D eigenvalue weighted by Gasteiger charge is -2.40. The average Bonchev–Trinajstić information content (AvgIpc) is 3.60. The van der Waals surface area contributed by atoms with Gasteiger partial charge in [0.2, 0.25) is 0 Å². The molecule has 4 aromatic rings. The molecule has 2 saturated heterocycles. The zero-order valence-corrected chi connectivity index (χ0v) is 22.4. The number of benzene rings is 2. The molecule has 198 valence electrons. The lowest BCUT2D eigenvalue weighted by atomic mass is 10.0. The Morgan fingerprint density at radius 3 is 2.68 bits per heavy atom. The van der Waals surface area contributed by atoms with Gasteiger partial charge in [0.05, 0.1) is 18.2 Å². The van der Waals surface area contributed by atoms with Crippen LogP contribution >= 0.6 is 0 Å². The number of nitrogens with zero attached hydrogens (tertiary/aromatic N) is 6. The van der Waals surface area contributed by atoms with Gasteiger partial charge >= 0.3 is 0 Å². The number of anilines is 1. The Balaban J connectivity index is 1.37. The van der Waals surface area contributed by atoms with E-state index in [0.717, 1.165) is 62.1 Å². The van der Waals surface area contributed by atoms with E-state index in [9.17, 15) is 4.79 Å². The summed E-state index contributed by atoms with van der Waals surface area (Å²) in [5, 5.41) is 13.9. The molecule has 0 unspecified atom stereocenters. The van der Waals surface area contributed by atoms with E-state index in [4.69, 9.17) is 4.74 Å². The van der Waals surface area contributed by atoms with Gasteiger partial charge in [-0.3, -0.25) is 9.69 Å². The lowest BCUT2D eigenvalue weighted by molar-refractivity contribution is 0.0906. The van der Waals surface area contributed by atoms with Crippen molar-refractivity contribution in [3.8, 4) is 0 Å². The lowest BCUT2D eigenvalue weighted by Crippen LogP contribution is -2.49. The summed E-state index contributed by atoms with van der Waals surface area (Å²) in [7, 11) is 0. The number of H-pyrrole nitrogens is 1. The topological polar surface area (TPSA) is 92.2 Å². The highest BCUT2D eigenvalue weighted by molar-refractivity contribution is 5.82. The molecule has 0 amide bonds. The van der Waals surface area contributed by atoms with Gasteiger partial charge in [0.25, 0.3) is 5.56 Å². The second kappa shape index (κ2) is 10.3. The molecule has 0 radical (unpaired) electrons. The summed E-state index contributed by atoms with van der Waals surface area (Å²) in [6.45, 7) is 11.0. The Kier molecular flexibility index (Phi) is 6.71. The van der Waals surface area contributed by atoms with Gasteiger partial charge in [-0.05, 0) is 78.2 Å². The van der Waals surface area contributed by atoms with Crippen molar-refractivity contribution in [2.24, 2.45) is 0 Å². The van der Waals surface area contributed by atoms with Crippen LogP contribution in [-0.2, 0) is 11.3 Å².